The topological polar surface area (TPSA) is 33.1 Å². The summed E-state index contributed by atoms with van der Waals surface area (Å²) in [6, 6.07) is 11.8. The lowest BCUT2D eigenvalue weighted by Crippen LogP contribution is -1.89. The number of fused-ring (bicyclic) bond motifs is 1. The van der Waals surface area contributed by atoms with Crippen molar-refractivity contribution in [1.82, 2.24) is 4.98 Å². The fraction of sp³-hybridized carbons (Fsp3) is 0.0714. The van der Waals surface area contributed by atoms with E-state index in [-0.39, 0.29) is 11.6 Å². The molecular formula is C14H10FNOS. The summed E-state index contributed by atoms with van der Waals surface area (Å²) in [5, 5.41) is 10.6. The number of aromatic hydroxyl groups is 1. The lowest BCUT2D eigenvalue weighted by molar-refractivity contribution is 0.467. The largest absolute Gasteiger partial charge is 0.508 e. The van der Waals surface area contributed by atoms with E-state index in [0.717, 1.165) is 15.2 Å². The van der Waals surface area contributed by atoms with Gasteiger partial charge in [0.15, 0.2) is 0 Å². The summed E-state index contributed by atoms with van der Waals surface area (Å²) in [6.45, 7) is 0. The minimum Gasteiger partial charge on any atom is -0.508 e. The van der Waals surface area contributed by atoms with Gasteiger partial charge in [-0.2, -0.15) is 0 Å². The Morgan fingerprint density at radius 3 is 2.83 bits per heavy atom. The average Bonchev–Trinajstić information content (AvgIpc) is 2.76. The fourth-order valence-corrected chi connectivity index (χ4v) is 2.84. The summed E-state index contributed by atoms with van der Waals surface area (Å²) in [5.74, 6) is -0.237. The summed E-state index contributed by atoms with van der Waals surface area (Å²) in [7, 11) is 0. The molecule has 0 aliphatic carbocycles. The Balaban J connectivity index is 1.98. The van der Waals surface area contributed by atoms with Gasteiger partial charge < -0.3 is 5.11 Å². The van der Waals surface area contributed by atoms with Crippen molar-refractivity contribution in [1.29, 1.82) is 0 Å². The Labute approximate surface area is 107 Å². The number of halogens is 1. The van der Waals surface area contributed by atoms with Crippen LogP contribution in [0.25, 0.3) is 10.2 Å². The maximum Gasteiger partial charge on any atom is 0.123 e. The molecule has 0 aliphatic heterocycles. The highest BCUT2D eigenvalue weighted by Crippen LogP contribution is 2.26. The van der Waals surface area contributed by atoms with E-state index in [1.165, 1.54) is 18.2 Å². The van der Waals surface area contributed by atoms with Crippen LogP contribution in [0.3, 0.4) is 0 Å². The lowest BCUT2D eigenvalue weighted by atomic mass is 10.1. The molecule has 1 heterocycles. The number of nitrogens with zero attached hydrogens (tertiary/aromatic N) is 1. The predicted octanol–water partition coefficient (Wildman–Crippen LogP) is 3.73. The fourth-order valence-electron chi connectivity index (χ4n) is 1.85. The summed E-state index contributed by atoms with van der Waals surface area (Å²) in [4.78, 5) is 4.46. The van der Waals surface area contributed by atoms with Crippen molar-refractivity contribution in [2.45, 2.75) is 6.42 Å². The van der Waals surface area contributed by atoms with Crippen molar-refractivity contribution in [3.63, 3.8) is 0 Å². The van der Waals surface area contributed by atoms with Gasteiger partial charge in [-0.15, -0.1) is 11.3 Å². The molecule has 90 valence electrons. The van der Waals surface area contributed by atoms with Gasteiger partial charge in [0, 0.05) is 12.0 Å². The standard InChI is InChI=1S/C14H10FNOS/c15-10-5-6-12(17)9(7-10)8-14-16-11-3-1-2-4-13(11)18-14/h1-7,17H,8H2. The average molecular weight is 259 g/mol. The molecule has 0 radical (unpaired) electrons. The van der Waals surface area contributed by atoms with Gasteiger partial charge in [-0.3, -0.25) is 0 Å². The lowest BCUT2D eigenvalue weighted by Gasteiger charge is -2.01. The number of thiazole rings is 1. The van der Waals surface area contributed by atoms with Gasteiger partial charge in [0.1, 0.15) is 11.6 Å². The van der Waals surface area contributed by atoms with Crippen LogP contribution in [0.15, 0.2) is 42.5 Å². The van der Waals surface area contributed by atoms with Gasteiger partial charge >= 0.3 is 0 Å². The van der Waals surface area contributed by atoms with Crippen molar-refractivity contribution in [2.24, 2.45) is 0 Å². The van der Waals surface area contributed by atoms with E-state index in [0.29, 0.717) is 12.0 Å². The molecule has 1 aromatic heterocycles. The maximum absolute atomic E-state index is 13.1. The number of hydrogen-bond donors (Lipinski definition) is 1. The second-order valence-electron chi connectivity index (χ2n) is 4.03. The molecule has 0 saturated carbocycles. The van der Waals surface area contributed by atoms with Gasteiger partial charge in [0.2, 0.25) is 0 Å². The van der Waals surface area contributed by atoms with Crippen LogP contribution in [0, 0.1) is 5.82 Å². The normalized spacial score (nSPS) is 10.9. The Hall–Kier alpha value is -1.94. The van der Waals surface area contributed by atoms with Gasteiger partial charge in [-0.25, -0.2) is 9.37 Å². The van der Waals surface area contributed by atoms with Crippen LogP contribution in [0.2, 0.25) is 0 Å². The Morgan fingerprint density at radius 2 is 2.00 bits per heavy atom. The Morgan fingerprint density at radius 1 is 1.17 bits per heavy atom. The van der Waals surface area contributed by atoms with E-state index in [2.05, 4.69) is 4.98 Å². The molecule has 0 fully saturated rings. The molecule has 0 unspecified atom stereocenters. The van der Waals surface area contributed by atoms with Crippen molar-refractivity contribution in [3.8, 4) is 5.75 Å². The zero-order chi connectivity index (χ0) is 12.5. The number of phenols is 1. The first kappa shape index (κ1) is 11.2. The summed E-state index contributed by atoms with van der Waals surface area (Å²) in [6.07, 6.45) is 0.447. The molecule has 1 N–H and O–H groups in total. The number of aromatic nitrogens is 1. The summed E-state index contributed by atoms with van der Waals surface area (Å²) < 4.78 is 14.2. The van der Waals surface area contributed by atoms with Crippen molar-refractivity contribution in [2.75, 3.05) is 0 Å². The molecule has 0 aliphatic rings. The third-order valence-corrected chi connectivity index (χ3v) is 3.76. The second-order valence-corrected chi connectivity index (χ2v) is 5.14. The van der Waals surface area contributed by atoms with E-state index in [4.69, 9.17) is 0 Å². The number of hydrogen-bond acceptors (Lipinski definition) is 3. The van der Waals surface area contributed by atoms with Crippen LogP contribution in [0.1, 0.15) is 10.6 Å². The van der Waals surface area contributed by atoms with Crippen LogP contribution in [0.5, 0.6) is 5.75 Å². The Bertz CT molecular complexity index is 675. The number of para-hydroxylation sites is 1. The molecule has 0 atom stereocenters. The van der Waals surface area contributed by atoms with Crippen molar-refractivity contribution < 1.29 is 9.50 Å². The van der Waals surface area contributed by atoms with Crippen LogP contribution in [-0.4, -0.2) is 10.1 Å². The summed E-state index contributed by atoms with van der Waals surface area (Å²) in [5.41, 5.74) is 1.50. The van der Waals surface area contributed by atoms with Crippen LogP contribution in [-0.2, 0) is 6.42 Å². The Kier molecular flexibility index (Phi) is 2.72. The summed E-state index contributed by atoms with van der Waals surface area (Å²) >= 11 is 1.56. The molecule has 0 bridgehead atoms. The molecule has 4 heteroatoms. The number of phenolic OH excluding ortho intramolecular Hbond substituents is 1. The highest BCUT2D eigenvalue weighted by atomic mass is 32.1. The van der Waals surface area contributed by atoms with Crippen molar-refractivity contribution in [3.05, 3.63) is 58.9 Å². The van der Waals surface area contributed by atoms with Gasteiger partial charge in [-0.1, -0.05) is 12.1 Å². The minimum atomic E-state index is -0.344. The van der Waals surface area contributed by atoms with Gasteiger partial charge in [0.05, 0.1) is 15.2 Å². The molecule has 2 aromatic carbocycles. The molecule has 2 nitrogen and oxygen atoms in total. The highest BCUT2D eigenvalue weighted by molar-refractivity contribution is 7.18. The molecule has 3 aromatic rings. The minimum absolute atomic E-state index is 0.107. The monoisotopic (exact) mass is 259 g/mol. The van der Waals surface area contributed by atoms with E-state index in [1.807, 2.05) is 24.3 Å². The third-order valence-electron chi connectivity index (χ3n) is 2.72. The number of rotatable bonds is 2. The first-order chi connectivity index (χ1) is 8.72. The van der Waals surface area contributed by atoms with Crippen molar-refractivity contribution >= 4 is 21.6 Å². The first-order valence-corrected chi connectivity index (χ1v) is 6.36. The van der Waals surface area contributed by atoms with Crippen LogP contribution < -0.4 is 0 Å². The molecule has 3 rings (SSSR count). The van der Waals surface area contributed by atoms with Gasteiger partial charge in [-0.05, 0) is 30.3 Å². The van der Waals surface area contributed by atoms with Crippen LogP contribution >= 0.6 is 11.3 Å². The SMILES string of the molecule is Oc1ccc(F)cc1Cc1nc2ccccc2s1. The molecule has 18 heavy (non-hydrogen) atoms. The van der Waals surface area contributed by atoms with E-state index in [1.54, 1.807) is 11.3 Å². The highest BCUT2D eigenvalue weighted by Gasteiger charge is 2.08. The molecule has 0 amide bonds. The second kappa shape index (κ2) is 4.38. The molecule has 0 spiro atoms. The molecule has 0 saturated heterocycles. The van der Waals surface area contributed by atoms with E-state index in [9.17, 15) is 9.50 Å². The predicted molar refractivity (Wildman–Crippen MR) is 70.5 cm³/mol. The first-order valence-electron chi connectivity index (χ1n) is 5.54. The smallest absolute Gasteiger partial charge is 0.123 e. The zero-order valence-corrected chi connectivity index (χ0v) is 10.2. The molecular weight excluding hydrogens is 249 g/mol. The maximum atomic E-state index is 13.1. The quantitative estimate of drug-likeness (QED) is 0.760. The van der Waals surface area contributed by atoms with Crippen LogP contribution in [0.4, 0.5) is 4.39 Å². The number of benzene rings is 2. The third kappa shape index (κ3) is 2.07. The van der Waals surface area contributed by atoms with E-state index < -0.39 is 0 Å². The van der Waals surface area contributed by atoms with E-state index >= 15 is 0 Å². The zero-order valence-electron chi connectivity index (χ0n) is 9.43. The van der Waals surface area contributed by atoms with Gasteiger partial charge in [0.25, 0.3) is 0 Å².